The fourth-order valence-corrected chi connectivity index (χ4v) is 13.7. The second-order valence-corrected chi connectivity index (χ2v) is 29.2. The number of ketones is 1. The van der Waals surface area contributed by atoms with Crippen molar-refractivity contribution >= 4 is 11.8 Å². The molecule has 9 aromatic carbocycles. The van der Waals surface area contributed by atoms with Crippen molar-refractivity contribution in [1.29, 1.82) is 0 Å². The zero-order valence-corrected chi connectivity index (χ0v) is 72.8. The molecule has 21 rings (SSSR count). The van der Waals surface area contributed by atoms with Gasteiger partial charge >= 0.3 is 12.3 Å². The van der Waals surface area contributed by atoms with Gasteiger partial charge in [-0.1, -0.05) is 103 Å². The fourth-order valence-electron chi connectivity index (χ4n) is 13.7. The summed E-state index contributed by atoms with van der Waals surface area (Å²) < 4.78 is 87.5. The monoisotopic (exact) mass is 1840 g/mol. The molecule has 0 unspecified atom stereocenters. The lowest BCUT2D eigenvalue weighted by Gasteiger charge is -2.14. The summed E-state index contributed by atoms with van der Waals surface area (Å²) in [4.78, 5) is 59.2. The third kappa shape index (κ3) is 22.2. The van der Waals surface area contributed by atoms with Gasteiger partial charge in [0, 0.05) is 108 Å². The van der Waals surface area contributed by atoms with E-state index in [2.05, 4.69) is 122 Å². The number of rotatable bonds is 21. The van der Waals surface area contributed by atoms with Crippen molar-refractivity contribution in [2.75, 3.05) is 21.3 Å². The normalized spacial score (nSPS) is 10.8. The summed E-state index contributed by atoms with van der Waals surface area (Å²) in [7, 11) is 4.57. The Morgan fingerprint density at radius 2 is 0.725 bits per heavy atom. The Morgan fingerprint density at radius 3 is 1.16 bits per heavy atom. The van der Waals surface area contributed by atoms with Crippen LogP contribution in [-0.4, -0.2) is 185 Å². The minimum Gasteiger partial charge on any atom is -0.496 e. The first-order valence-electron chi connectivity index (χ1n) is 41.6. The maximum atomic E-state index is 14.3. The van der Waals surface area contributed by atoms with E-state index >= 15 is 0 Å². The lowest BCUT2D eigenvalue weighted by Crippen LogP contribution is -2.17. The summed E-state index contributed by atoms with van der Waals surface area (Å²) in [6.45, 7) is 1.56. The van der Waals surface area contributed by atoms with E-state index in [0.717, 1.165) is 67.0 Å². The van der Waals surface area contributed by atoms with E-state index in [4.69, 9.17) is 14.2 Å². The van der Waals surface area contributed by atoms with Crippen molar-refractivity contribution in [1.82, 2.24) is 146 Å². The molecule has 12 heterocycles. The standard InChI is InChI=1S/C22H17N7O.C20H14FN5O2.C20H15N5O.C19H11F4N5O.C17H13N7O/c1-30-21-15-16(29-26-22(25-27-29)19-8-4-5-12-23-19)10-11-18(21)17-7-2-3-9-20(17)28-14-6-13-24-28;1-28-20(27)14-6-4-5-13(9-14)15-10-16(21)12-17(11-15)26-24-19(23-25-26)18-7-2-3-8-22-18;1-14(26)15-6-4-7-16(12-15)17-8-5-9-18(13-17)25-23-20(22-24-25)19-10-2-3-11-21-19;20-14-8-13(12-4-3-5-16(10-12)29-19(21,22)23)9-15(11-14)28-26-18(25-27-28)17-6-1-2-7-24-17;1-25-16-8-13(5-6-14(16)12-9-18-11-19-10-12)24-22-17(21-23-24)15-4-2-3-7-20-15/h2-15H,1H3;2-12H,1H3;2-13H,1H3;1-11H;2-11H,1H3. The number of esters is 1. The number of nitrogens with zero attached hydrogens (tertiary/aromatic N) is 29. The van der Waals surface area contributed by atoms with Gasteiger partial charge in [-0.2, -0.15) is 5.10 Å². The minimum absolute atomic E-state index is 0.0425. The molecule has 0 amide bonds. The Bertz CT molecular complexity index is 7740. The molecule has 0 aliphatic rings. The van der Waals surface area contributed by atoms with Crippen LogP contribution in [0.4, 0.5) is 22.0 Å². The van der Waals surface area contributed by atoms with Gasteiger partial charge in [0.05, 0.1) is 61.0 Å². The summed E-state index contributed by atoms with van der Waals surface area (Å²) in [5, 5.41) is 66.5. The molecular formula is C98H70F5N29O6. The van der Waals surface area contributed by atoms with Crippen molar-refractivity contribution in [2.24, 2.45) is 0 Å². The second-order valence-electron chi connectivity index (χ2n) is 29.2. The lowest BCUT2D eigenvalue weighted by atomic mass is 10.0. The number of methoxy groups -OCH3 is 3. The number of Topliss-reactive ketones (excluding diaryl/α,β-unsaturated/α-hetero) is 1. The molecule has 12 aromatic heterocycles. The molecule has 0 aliphatic heterocycles. The molecule has 0 fully saturated rings. The minimum atomic E-state index is -4.82. The van der Waals surface area contributed by atoms with Crippen LogP contribution in [0.5, 0.6) is 17.2 Å². The third-order valence-electron chi connectivity index (χ3n) is 20.1. The van der Waals surface area contributed by atoms with Gasteiger partial charge in [0.25, 0.3) is 0 Å². The van der Waals surface area contributed by atoms with Gasteiger partial charge < -0.3 is 18.9 Å². The molecule has 40 heteroatoms. The number of tetrazole rings is 5. The van der Waals surface area contributed by atoms with Gasteiger partial charge in [-0.05, 0) is 230 Å². The Morgan fingerprint density at radius 1 is 0.333 bits per heavy atom. The van der Waals surface area contributed by atoms with Crippen molar-refractivity contribution < 1.29 is 50.5 Å². The van der Waals surface area contributed by atoms with Crippen LogP contribution in [0.1, 0.15) is 27.6 Å². The highest BCUT2D eigenvalue weighted by Crippen LogP contribution is 2.38. The van der Waals surface area contributed by atoms with Crippen LogP contribution < -0.4 is 14.2 Å². The van der Waals surface area contributed by atoms with Crippen LogP contribution in [0, 0.1) is 11.6 Å². The van der Waals surface area contributed by atoms with Crippen LogP contribution >= 0.6 is 0 Å². The molecule has 0 radical (unpaired) electrons. The molecule has 0 N–H and O–H groups in total. The molecule has 0 saturated carbocycles. The van der Waals surface area contributed by atoms with Crippen LogP contribution in [0.2, 0.25) is 0 Å². The number of ether oxygens (including phenoxy) is 4. The first-order valence-corrected chi connectivity index (χ1v) is 41.6. The van der Waals surface area contributed by atoms with Crippen LogP contribution in [-0.2, 0) is 4.74 Å². The van der Waals surface area contributed by atoms with E-state index in [-0.39, 0.29) is 17.3 Å². The highest BCUT2D eigenvalue weighted by Gasteiger charge is 2.31. The van der Waals surface area contributed by atoms with E-state index in [9.17, 15) is 31.5 Å². The number of benzene rings is 9. The summed E-state index contributed by atoms with van der Waals surface area (Å²) in [6, 6.07) is 84.3. The maximum absolute atomic E-state index is 14.3. The van der Waals surface area contributed by atoms with Crippen molar-refractivity contribution in [3.05, 3.63) is 376 Å². The quantitative estimate of drug-likeness (QED) is 0.0366. The molecule has 0 aliphatic carbocycles. The van der Waals surface area contributed by atoms with Gasteiger partial charge in [-0.15, -0.1) is 88.1 Å². The van der Waals surface area contributed by atoms with Crippen LogP contribution in [0.25, 0.3) is 147 Å². The second kappa shape index (κ2) is 42.2. The molecule has 678 valence electrons. The summed E-state index contributed by atoms with van der Waals surface area (Å²) >= 11 is 0. The number of hydrogen-bond donors (Lipinski definition) is 0. The Balaban J connectivity index is 0.000000120. The van der Waals surface area contributed by atoms with Gasteiger partial charge in [-0.3, -0.25) is 29.7 Å². The third-order valence-corrected chi connectivity index (χ3v) is 20.1. The van der Waals surface area contributed by atoms with E-state index in [1.165, 1.54) is 81.2 Å². The Kier molecular flexibility index (Phi) is 27.7. The van der Waals surface area contributed by atoms with Crippen LogP contribution in [0.15, 0.2) is 353 Å². The first kappa shape index (κ1) is 90.5. The van der Waals surface area contributed by atoms with E-state index < -0.39 is 29.7 Å². The van der Waals surface area contributed by atoms with Gasteiger partial charge in [0.1, 0.15) is 63.7 Å². The number of carbonyl (C=O) groups is 2. The summed E-state index contributed by atoms with van der Waals surface area (Å²) in [6.07, 6.45) is 12.1. The van der Waals surface area contributed by atoms with Crippen molar-refractivity contribution in [3.8, 4) is 165 Å². The van der Waals surface area contributed by atoms with E-state index in [0.29, 0.717) is 102 Å². The molecular weight excluding hydrogens is 1770 g/mol. The number of aromatic nitrogens is 29. The van der Waals surface area contributed by atoms with Gasteiger partial charge in [0.15, 0.2) is 5.78 Å². The molecule has 0 saturated heterocycles. The van der Waals surface area contributed by atoms with Crippen LogP contribution in [0.3, 0.4) is 0 Å². The summed E-state index contributed by atoms with van der Waals surface area (Å²) in [5.41, 5.74) is 15.5. The number of hydrogen-bond acceptors (Lipinski definition) is 29. The predicted octanol–water partition coefficient (Wildman–Crippen LogP) is 17.1. The smallest absolute Gasteiger partial charge is 0.496 e. The lowest BCUT2D eigenvalue weighted by molar-refractivity contribution is -0.274. The number of para-hydroxylation sites is 1. The average molecular weight is 1840 g/mol. The maximum Gasteiger partial charge on any atom is 0.573 e. The highest BCUT2D eigenvalue weighted by atomic mass is 19.4. The molecule has 21 aromatic rings. The predicted molar refractivity (Wildman–Crippen MR) is 493 cm³/mol. The average Bonchev–Trinajstić information content (AvgIpc) is 1.38. The zero-order chi connectivity index (χ0) is 95.3. The Hall–Kier alpha value is -19.4. The number of alkyl halides is 3. The fraction of sp³-hybridized carbons (Fsp3) is 0.0510. The van der Waals surface area contributed by atoms with E-state index in [1.807, 2.05) is 187 Å². The largest absolute Gasteiger partial charge is 0.573 e. The first-order chi connectivity index (χ1) is 67.4. The molecule has 0 bridgehead atoms. The van der Waals surface area contributed by atoms with Crippen molar-refractivity contribution in [3.63, 3.8) is 0 Å². The topological polar surface area (TPSA) is 397 Å². The molecule has 0 atom stereocenters. The zero-order valence-electron chi connectivity index (χ0n) is 72.8. The van der Waals surface area contributed by atoms with E-state index in [1.54, 1.807) is 131 Å². The Labute approximate surface area is 779 Å². The molecule has 35 nitrogen and oxygen atoms in total. The van der Waals surface area contributed by atoms with Gasteiger partial charge in [0.2, 0.25) is 29.1 Å². The number of pyridine rings is 5. The van der Waals surface area contributed by atoms with Gasteiger partial charge in [-0.25, -0.2) is 28.2 Å². The molecule has 138 heavy (non-hydrogen) atoms. The number of halogens is 5. The van der Waals surface area contributed by atoms with Crippen molar-refractivity contribution in [2.45, 2.75) is 13.3 Å². The number of carbonyl (C=O) groups excluding carboxylic acids is 2. The molecule has 0 spiro atoms. The SMILES string of the molecule is CC(=O)c1cccc(-c2cccc(-n3nnc(-c4ccccn4)n3)c2)c1.COC(=O)c1cccc(-c2cc(F)cc(-n3nnc(-c4ccccn4)n3)c2)c1.COc1cc(-n2nnc(-c3ccccn3)n2)ccc1-c1ccccc1-n1cccn1.COc1cc(-n2nnc(-c3ccccn3)n2)ccc1-c1cncnc1.Fc1cc(-c2cccc(OC(F)(F)F)c2)cc(-n2nnc(-c3ccccn3)n2)c1. The highest BCUT2D eigenvalue weighted by molar-refractivity contribution is 5.95. The summed E-state index contributed by atoms with van der Waals surface area (Å²) in [5.74, 6) is 1.43.